The van der Waals surface area contributed by atoms with E-state index in [-0.39, 0.29) is 22.1 Å². The molecule has 1 amide bonds. The molecule has 0 aliphatic heterocycles. The first-order valence-corrected chi connectivity index (χ1v) is 8.08. The minimum absolute atomic E-state index is 0.0741. The molecule has 1 aromatic carbocycles. The average Bonchev–Trinajstić information content (AvgIpc) is 3.02. The zero-order valence-corrected chi connectivity index (χ0v) is 14.2. The van der Waals surface area contributed by atoms with Gasteiger partial charge in [-0.25, -0.2) is 4.79 Å². The van der Waals surface area contributed by atoms with E-state index in [1.54, 1.807) is 5.38 Å². The van der Waals surface area contributed by atoms with Gasteiger partial charge in [0.25, 0.3) is 0 Å². The van der Waals surface area contributed by atoms with Crippen molar-refractivity contribution in [1.29, 1.82) is 0 Å². The third-order valence-corrected chi connectivity index (χ3v) is 4.04. The summed E-state index contributed by atoms with van der Waals surface area (Å²) in [4.78, 5) is 23.3. The van der Waals surface area contributed by atoms with E-state index in [1.807, 2.05) is 0 Å². The van der Waals surface area contributed by atoms with Crippen LogP contribution >= 0.6 is 22.9 Å². The standard InChI is InChI=1S/C15H11ClF3NO4S/c1-23-14(22)13-11(4-5-25-13)24-10-3-2-8(15(17,18)19)6-9(10)20-12(21)7-16/h2-6H,7H2,1H3,(H,20,21). The Labute approximate surface area is 149 Å². The van der Waals surface area contributed by atoms with Gasteiger partial charge in [-0.05, 0) is 29.6 Å². The highest BCUT2D eigenvalue weighted by Crippen LogP contribution is 2.38. The predicted octanol–water partition coefficient (Wildman–Crippen LogP) is 4.52. The molecule has 0 aliphatic rings. The number of amides is 1. The van der Waals surface area contributed by atoms with Crippen molar-refractivity contribution in [2.45, 2.75) is 6.18 Å². The summed E-state index contributed by atoms with van der Waals surface area (Å²) in [7, 11) is 1.19. The van der Waals surface area contributed by atoms with Crippen LogP contribution in [0.2, 0.25) is 0 Å². The number of carbonyl (C=O) groups is 2. The number of alkyl halides is 4. The van der Waals surface area contributed by atoms with Crippen LogP contribution in [0, 0.1) is 0 Å². The van der Waals surface area contributed by atoms with Crippen molar-refractivity contribution in [2.75, 3.05) is 18.3 Å². The largest absolute Gasteiger partial charge is 0.465 e. The van der Waals surface area contributed by atoms with Crippen molar-refractivity contribution in [1.82, 2.24) is 0 Å². The van der Waals surface area contributed by atoms with E-state index < -0.39 is 29.5 Å². The molecule has 0 bridgehead atoms. The minimum Gasteiger partial charge on any atom is -0.465 e. The topological polar surface area (TPSA) is 64.6 Å². The van der Waals surface area contributed by atoms with Gasteiger partial charge in [0.2, 0.25) is 5.91 Å². The molecule has 10 heteroatoms. The van der Waals surface area contributed by atoms with Crippen molar-refractivity contribution in [3.8, 4) is 11.5 Å². The number of anilines is 1. The minimum atomic E-state index is -4.60. The van der Waals surface area contributed by atoms with Gasteiger partial charge >= 0.3 is 12.1 Å². The average molecular weight is 394 g/mol. The number of hydrogen-bond donors (Lipinski definition) is 1. The van der Waals surface area contributed by atoms with Gasteiger partial charge in [-0.1, -0.05) is 0 Å². The molecule has 0 saturated heterocycles. The Morgan fingerprint density at radius 1 is 1.24 bits per heavy atom. The quantitative estimate of drug-likeness (QED) is 0.599. The summed E-state index contributed by atoms with van der Waals surface area (Å²) >= 11 is 6.42. The fourth-order valence-electron chi connectivity index (χ4n) is 1.81. The van der Waals surface area contributed by atoms with Crippen LogP contribution in [0.5, 0.6) is 11.5 Å². The fourth-order valence-corrected chi connectivity index (χ4v) is 2.61. The SMILES string of the molecule is COC(=O)c1sccc1Oc1ccc(C(F)(F)F)cc1NC(=O)CCl. The van der Waals surface area contributed by atoms with Gasteiger partial charge < -0.3 is 14.8 Å². The maximum Gasteiger partial charge on any atom is 0.416 e. The summed E-state index contributed by atoms with van der Waals surface area (Å²) in [5.41, 5.74) is -1.19. The Morgan fingerprint density at radius 3 is 2.56 bits per heavy atom. The van der Waals surface area contributed by atoms with Crippen LogP contribution in [-0.4, -0.2) is 24.9 Å². The molecule has 0 atom stereocenters. The number of carbonyl (C=O) groups excluding carboxylic acids is 2. The molecule has 1 N–H and O–H groups in total. The molecule has 1 aromatic heterocycles. The van der Waals surface area contributed by atoms with Crippen LogP contribution in [-0.2, 0) is 15.7 Å². The first kappa shape index (κ1) is 19.1. The Bertz CT molecular complexity index is 791. The van der Waals surface area contributed by atoms with Gasteiger partial charge in [-0.15, -0.1) is 22.9 Å². The summed E-state index contributed by atoms with van der Waals surface area (Å²) in [6, 6.07) is 4.03. The summed E-state index contributed by atoms with van der Waals surface area (Å²) in [6.07, 6.45) is -4.60. The molecule has 0 saturated carbocycles. The van der Waals surface area contributed by atoms with E-state index in [2.05, 4.69) is 10.1 Å². The number of thiophene rings is 1. The third kappa shape index (κ3) is 4.64. The highest BCUT2D eigenvalue weighted by Gasteiger charge is 2.31. The van der Waals surface area contributed by atoms with Crippen molar-refractivity contribution in [3.63, 3.8) is 0 Å². The molecule has 2 rings (SSSR count). The molecule has 0 radical (unpaired) electrons. The second-order valence-electron chi connectivity index (χ2n) is 4.60. The first-order valence-electron chi connectivity index (χ1n) is 6.67. The lowest BCUT2D eigenvalue weighted by Gasteiger charge is -2.15. The molecule has 134 valence electrons. The second-order valence-corrected chi connectivity index (χ2v) is 5.78. The van der Waals surface area contributed by atoms with Crippen molar-refractivity contribution in [2.24, 2.45) is 0 Å². The number of esters is 1. The van der Waals surface area contributed by atoms with Gasteiger partial charge in [0.05, 0.1) is 18.4 Å². The van der Waals surface area contributed by atoms with Crippen LogP contribution in [0.25, 0.3) is 0 Å². The molecular weight excluding hydrogens is 383 g/mol. The zero-order chi connectivity index (χ0) is 18.6. The van der Waals surface area contributed by atoms with E-state index >= 15 is 0 Å². The zero-order valence-electron chi connectivity index (χ0n) is 12.6. The smallest absolute Gasteiger partial charge is 0.416 e. The van der Waals surface area contributed by atoms with Crippen molar-refractivity contribution in [3.05, 3.63) is 40.1 Å². The summed E-state index contributed by atoms with van der Waals surface area (Å²) in [5, 5.41) is 3.80. The Morgan fingerprint density at radius 2 is 1.96 bits per heavy atom. The molecule has 2 aromatic rings. The molecule has 0 aliphatic carbocycles. The Balaban J connectivity index is 2.41. The summed E-state index contributed by atoms with van der Waals surface area (Å²) < 4.78 is 48.7. The molecule has 0 unspecified atom stereocenters. The Hall–Kier alpha value is -2.26. The predicted molar refractivity (Wildman–Crippen MR) is 86.5 cm³/mol. The lowest BCUT2D eigenvalue weighted by atomic mass is 10.1. The van der Waals surface area contributed by atoms with E-state index in [1.165, 1.54) is 13.2 Å². The fraction of sp³-hybridized carbons (Fsp3) is 0.200. The van der Waals surface area contributed by atoms with E-state index in [4.69, 9.17) is 16.3 Å². The number of hydrogen-bond acceptors (Lipinski definition) is 5. The van der Waals surface area contributed by atoms with Crippen molar-refractivity contribution >= 4 is 40.5 Å². The first-order chi connectivity index (χ1) is 11.8. The second kappa shape index (κ2) is 7.75. The lowest BCUT2D eigenvalue weighted by Crippen LogP contribution is -2.14. The number of nitrogens with one attached hydrogen (secondary N) is 1. The third-order valence-electron chi connectivity index (χ3n) is 2.92. The highest BCUT2D eigenvalue weighted by atomic mass is 35.5. The molecule has 0 spiro atoms. The maximum absolute atomic E-state index is 12.9. The van der Waals surface area contributed by atoms with Gasteiger partial charge in [0, 0.05) is 0 Å². The van der Waals surface area contributed by atoms with Gasteiger partial charge in [-0.3, -0.25) is 4.79 Å². The van der Waals surface area contributed by atoms with E-state index in [0.717, 1.165) is 29.5 Å². The molecular formula is C15H11ClF3NO4S. The van der Waals surface area contributed by atoms with Crippen LogP contribution in [0.1, 0.15) is 15.2 Å². The maximum atomic E-state index is 12.9. The lowest BCUT2D eigenvalue weighted by molar-refractivity contribution is -0.137. The molecule has 1 heterocycles. The Kier molecular flexibility index (Phi) is 5.91. The molecule has 0 fully saturated rings. The van der Waals surface area contributed by atoms with E-state index in [9.17, 15) is 22.8 Å². The number of benzene rings is 1. The van der Waals surface area contributed by atoms with Crippen LogP contribution in [0.3, 0.4) is 0 Å². The van der Waals surface area contributed by atoms with Crippen LogP contribution in [0.15, 0.2) is 29.6 Å². The monoisotopic (exact) mass is 393 g/mol. The normalized spacial score (nSPS) is 11.1. The van der Waals surface area contributed by atoms with Crippen LogP contribution < -0.4 is 10.1 Å². The van der Waals surface area contributed by atoms with E-state index in [0.29, 0.717) is 0 Å². The number of methoxy groups -OCH3 is 1. The number of rotatable bonds is 5. The van der Waals surface area contributed by atoms with Gasteiger partial charge in [0.1, 0.15) is 5.88 Å². The molecule has 5 nitrogen and oxygen atoms in total. The summed E-state index contributed by atoms with van der Waals surface area (Å²) in [6.45, 7) is 0. The molecule has 25 heavy (non-hydrogen) atoms. The number of ether oxygens (including phenoxy) is 2. The highest BCUT2D eigenvalue weighted by molar-refractivity contribution is 7.12. The summed E-state index contributed by atoms with van der Waals surface area (Å²) in [5.74, 6) is -1.78. The number of halogens is 4. The van der Waals surface area contributed by atoms with Gasteiger partial charge in [-0.2, -0.15) is 13.2 Å². The van der Waals surface area contributed by atoms with Crippen molar-refractivity contribution < 1.29 is 32.2 Å². The van der Waals surface area contributed by atoms with Crippen LogP contribution in [0.4, 0.5) is 18.9 Å². The van der Waals surface area contributed by atoms with Gasteiger partial charge in [0.15, 0.2) is 16.4 Å².